The van der Waals surface area contributed by atoms with E-state index in [2.05, 4.69) is 0 Å². The number of benzene rings is 3. The molecule has 9 nitrogen and oxygen atoms in total. The fraction of sp³-hybridized carbons (Fsp3) is 0.269. The molecule has 2 heterocycles. The number of hydrogen-bond donors (Lipinski definition) is 4. The van der Waals surface area contributed by atoms with Crippen LogP contribution in [-0.2, 0) is 4.74 Å². The van der Waals surface area contributed by atoms with Crippen LogP contribution in [0.5, 0.6) is 17.2 Å². The Morgan fingerprint density at radius 1 is 0.914 bits per heavy atom. The summed E-state index contributed by atoms with van der Waals surface area (Å²) in [5, 5.41) is 40.7. The van der Waals surface area contributed by atoms with E-state index in [0.717, 1.165) is 5.56 Å². The molecule has 4 N–H and O–H groups in total. The number of rotatable bonds is 6. The zero-order valence-electron chi connectivity index (χ0n) is 18.5. The molecule has 5 rings (SSSR count). The zero-order chi connectivity index (χ0) is 24.5. The average molecular weight is 480 g/mol. The molecule has 1 saturated heterocycles. The highest BCUT2D eigenvalue weighted by molar-refractivity contribution is 6.15. The SMILES string of the molecule is O=C(/C=C/c1ccc2c(c1)OCO2)c1ccc(OCC2OC(O)C(O)C(O)C2O)c2ccccc12. The molecule has 3 aromatic rings. The van der Waals surface area contributed by atoms with Crippen molar-refractivity contribution in [1.82, 2.24) is 0 Å². The Morgan fingerprint density at radius 3 is 2.51 bits per heavy atom. The second-order valence-corrected chi connectivity index (χ2v) is 8.32. The van der Waals surface area contributed by atoms with Gasteiger partial charge in [0.25, 0.3) is 0 Å². The molecule has 5 unspecified atom stereocenters. The van der Waals surface area contributed by atoms with Crippen molar-refractivity contribution in [3.63, 3.8) is 0 Å². The summed E-state index contributed by atoms with van der Waals surface area (Å²) in [6.45, 7) is -0.0138. The fourth-order valence-corrected chi connectivity index (χ4v) is 4.13. The second kappa shape index (κ2) is 9.65. The standard InChI is InChI=1S/C26H24O9/c27-18(8-5-14-6-9-20-21(11-14)34-13-33-20)16-7-10-19(17-4-2-1-3-15(16)17)32-12-22-23(28)24(29)25(30)26(31)35-22/h1-11,22-26,28-31H,12-13H2/b8-5+. The van der Waals surface area contributed by atoms with Crippen LogP contribution in [0.15, 0.2) is 60.7 Å². The van der Waals surface area contributed by atoms with Gasteiger partial charge in [0.1, 0.15) is 36.8 Å². The van der Waals surface area contributed by atoms with Crippen molar-refractivity contribution in [1.29, 1.82) is 0 Å². The normalized spacial score (nSPS) is 25.8. The third-order valence-electron chi connectivity index (χ3n) is 6.06. The number of fused-ring (bicyclic) bond motifs is 2. The van der Waals surface area contributed by atoms with Crippen molar-refractivity contribution in [2.75, 3.05) is 13.4 Å². The molecular formula is C26H24O9. The van der Waals surface area contributed by atoms with Gasteiger partial charge in [0.15, 0.2) is 23.6 Å². The van der Waals surface area contributed by atoms with Crippen LogP contribution in [0.1, 0.15) is 15.9 Å². The van der Waals surface area contributed by atoms with Crippen LogP contribution >= 0.6 is 0 Å². The molecule has 35 heavy (non-hydrogen) atoms. The molecule has 2 aliphatic rings. The molecule has 3 aromatic carbocycles. The van der Waals surface area contributed by atoms with Gasteiger partial charge < -0.3 is 39.4 Å². The predicted octanol–water partition coefficient (Wildman–Crippen LogP) is 1.64. The Bertz CT molecular complexity index is 1270. The van der Waals surface area contributed by atoms with Gasteiger partial charge in [-0.2, -0.15) is 0 Å². The summed E-state index contributed by atoms with van der Waals surface area (Å²) in [7, 11) is 0. The summed E-state index contributed by atoms with van der Waals surface area (Å²) >= 11 is 0. The minimum Gasteiger partial charge on any atom is -0.490 e. The van der Waals surface area contributed by atoms with Crippen LogP contribution in [-0.4, -0.2) is 70.3 Å². The number of ether oxygens (including phenoxy) is 4. The summed E-state index contributed by atoms with van der Waals surface area (Å²) in [4.78, 5) is 13.0. The molecule has 0 radical (unpaired) electrons. The Morgan fingerprint density at radius 2 is 1.69 bits per heavy atom. The quantitative estimate of drug-likeness (QED) is 0.307. The Hall–Kier alpha value is -3.47. The Balaban J connectivity index is 1.34. The molecule has 9 heteroatoms. The lowest BCUT2D eigenvalue weighted by Gasteiger charge is -2.38. The lowest BCUT2D eigenvalue weighted by atomic mass is 9.99. The molecule has 5 atom stereocenters. The first kappa shape index (κ1) is 23.3. The van der Waals surface area contributed by atoms with Crippen LogP contribution in [0.4, 0.5) is 0 Å². The van der Waals surface area contributed by atoms with Gasteiger partial charge in [0, 0.05) is 10.9 Å². The van der Waals surface area contributed by atoms with Crippen LogP contribution in [0, 0.1) is 0 Å². The van der Waals surface area contributed by atoms with E-state index in [4.69, 9.17) is 18.9 Å². The van der Waals surface area contributed by atoms with E-state index < -0.39 is 30.7 Å². The maximum absolute atomic E-state index is 13.0. The average Bonchev–Trinajstić information content (AvgIpc) is 3.35. The molecule has 0 amide bonds. The number of carbonyl (C=O) groups excluding carboxylic acids is 1. The van der Waals surface area contributed by atoms with E-state index in [0.29, 0.717) is 33.6 Å². The molecule has 2 aliphatic heterocycles. The molecular weight excluding hydrogens is 456 g/mol. The van der Waals surface area contributed by atoms with Gasteiger partial charge in [-0.05, 0) is 41.3 Å². The molecule has 0 spiro atoms. The lowest BCUT2D eigenvalue weighted by Crippen LogP contribution is -2.58. The summed E-state index contributed by atoms with van der Waals surface area (Å²) < 4.78 is 21.7. The van der Waals surface area contributed by atoms with E-state index in [1.807, 2.05) is 18.2 Å². The number of aliphatic hydroxyl groups excluding tert-OH is 4. The van der Waals surface area contributed by atoms with Crippen LogP contribution in [0.2, 0.25) is 0 Å². The third-order valence-corrected chi connectivity index (χ3v) is 6.06. The highest BCUT2D eigenvalue weighted by Crippen LogP contribution is 2.33. The number of allylic oxidation sites excluding steroid dienone is 1. The maximum atomic E-state index is 13.0. The van der Waals surface area contributed by atoms with Gasteiger partial charge in [-0.1, -0.05) is 36.4 Å². The Labute approximate surface area is 200 Å². The second-order valence-electron chi connectivity index (χ2n) is 8.32. The van der Waals surface area contributed by atoms with E-state index in [1.165, 1.54) is 6.08 Å². The largest absolute Gasteiger partial charge is 0.490 e. The number of hydrogen-bond acceptors (Lipinski definition) is 9. The molecule has 1 fully saturated rings. The minimum atomic E-state index is -1.64. The summed E-state index contributed by atoms with van der Waals surface area (Å²) in [5.74, 6) is 1.54. The molecule has 0 bridgehead atoms. The van der Waals surface area contributed by atoms with Crippen LogP contribution in [0.3, 0.4) is 0 Å². The summed E-state index contributed by atoms with van der Waals surface area (Å²) in [6.07, 6.45) is -4.14. The van der Waals surface area contributed by atoms with E-state index in [9.17, 15) is 25.2 Å². The smallest absolute Gasteiger partial charge is 0.231 e. The predicted molar refractivity (Wildman–Crippen MR) is 124 cm³/mol. The van der Waals surface area contributed by atoms with E-state index in [1.54, 1.807) is 42.5 Å². The van der Waals surface area contributed by atoms with Crippen molar-refractivity contribution in [3.05, 3.63) is 71.8 Å². The maximum Gasteiger partial charge on any atom is 0.231 e. The first-order chi connectivity index (χ1) is 16.9. The van der Waals surface area contributed by atoms with Crippen LogP contribution < -0.4 is 14.2 Å². The minimum absolute atomic E-state index is 0.177. The Kier molecular flexibility index (Phi) is 6.42. The summed E-state index contributed by atoms with van der Waals surface area (Å²) in [6, 6.07) is 15.9. The fourth-order valence-electron chi connectivity index (χ4n) is 4.13. The van der Waals surface area contributed by atoms with E-state index >= 15 is 0 Å². The van der Waals surface area contributed by atoms with Crippen molar-refractivity contribution in [2.24, 2.45) is 0 Å². The number of carbonyl (C=O) groups is 1. The van der Waals surface area contributed by atoms with Gasteiger partial charge in [-0.25, -0.2) is 0 Å². The molecule has 0 aliphatic carbocycles. The number of aliphatic hydroxyl groups is 4. The summed E-state index contributed by atoms with van der Waals surface area (Å²) in [5.41, 5.74) is 1.28. The molecule has 182 valence electrons. The van der Waals surface area contributed by atoms with Gasteiger partial charge in [0.2, 0.25) is 6.79 Å². The first-order valence-electron chi connectivity index (χ1n) is 11.1. The van der Waals surface area contributed by atoms with Crippen molar-refractivity contribution in [2.45, 2.75) is 30.7 Å². The van der Waals surface area contributed by atoms with Gasteiger partial charge in [-0.15, -0.1) is 0 Å². The molecule has 0 aromatic heterocycles. The van der Waals surface area contributed by atoms with Crippen molar-refractivity contribution >= 4 is 22.6 Å². The monoisotopic (exact) mass is 480 g/mol. The van der Waals surface area contributed by atoms with Crippen molar-refractivity contribution in [3.8, 4) is 17.2 Å². The topological polar surface area (TPSA) is 135 Å². The van der Waals surface area contributed by atoms with E-state index in [-0.39, 0.29) is 19.2 Å². The highest BCUT2D eigenvalue weighted by atomic mass is 16.7. The molecule has 0 saturated carbocycles. The van der Waals surface area contributed by atoms with Crippen molar-refractivity contribution < 1.29 is 44.2 Å². The van der Waals surface area contributed by atoms with Crippen LogP contribution in [0.25, 0.3) is 16.8 Å². The van der Waals surface area contributed by atoms with Gasteiger partial charge in [0.05, 0.1) is 0 Å². The highest BCUT2D eigenvalue weighted by Gasteiger charge is 2.43. The van der Waals surface area contributed by atoms with Gasteiger partial charge >= 0.3 is 0 Å². The lowest BCUT2D eigenvalue weighted by molar-refractivity contribution is -0.285. The third kappa shape index (κ3) is 4.60. The number of ketones is 1. The first-order valence-corrected chi connectivity index (χ1v) is 11.1. The zero-order valence-corrected chi connectivity index (χ0v) is 18.5. The van der Waals surface area contributed by atoms with Gasteiger partial charge in [-0.3, -0.25) is 4.79 Å².